The maximum absolute atomic E-state index is 13.1. The Morgan fingerprint density at radius 3 is 2.28 bits per heavy atom. The molecule has 150 valence electrons. The Morgan fingerprint density at radius 1 is 0.931 bits per heavy atom. The molecule has 0 bridgehead atoms. The van der Waals surface area contributed by atoms with Crippen molar-refractivity contribution in [3.8, 4) is 0 Å². The van der Waals surface area contributed by atoms with Crippen LogP contribution in [0.3, 0.4) is 0 Å². The first kappa shape index (κ1) is 20.3. The van der Waals surface area contributed by atoms with Crippen LogP contribution in [0.5, 0.6) is 0 Å². The van der Waals surface area contributed by atoms with E-state index < -0.39 is 18.0 Å². The lowest BCUT2D eigenvalue weighted by Crippen LogP contribution is -2.23. The van der Waals surface area contributed by atoms with Crippen molar-refractivity contribution in [2.75, 3.05) is 13.2 Å². The van der Waals surface area contributed by atoms with Gasteiger partial charge in [0.05, 0.1) is 13.2 Å². The van der Waals surface area contributed by atoms with Crippen molar-refractivity contribution in [3.63, 3.8) is 0 Å². The molecule has 1 heterocycles. The monoisotopic (exact) mass is 394 g/mol. The fourth-order valence-corrected chi connectivity index (χ4v) is 3.05. The van der Waals surface area contributed by atoms with E-state index in [0.717, 1.165) is 10.8 Å². The van der Waals surface area contributed by atoms with Crippen molar-refractivity contribution in [3.05, 3.63) is 65.5 Å². The van der Waals surface area contributed by atoms with Gasteiger partial charge in [0.1, 0.15) is 11.7 Å². The molecule has 0 spiro atoms. The SMILES string of the molecule is CCOC(=O)c1cc(C(=O)OCC)n(C(C)C(=O)c2ccc3ccccc3c2)n1. The summed E-state index contributed by atoms with van der Waals surface area (Å²) in [4.78, 5) is 37.5. The Bertz CT molecular complexity index is 1070. The molecule has 0 amide bonds. The third-order valence-electron chi connectivity index (χ3n) is 4.49. The van der Waals surface area contributed by atoms with Gasteiger partial charge in [-0.2, -0.15) is 5.10 Å². The molecule has 0 N–H and O–H groups in total. The van der Waals surface area contributed by atoms with Gasteiger partial charge in [-0.1, -0.05) is 36.4 Å². The van der Waals surface area contributed by atoms with Crippen molar-refractivity contribution in [1.29, 1.82) is 0 Å². The number of hydrogen-bond donors (Lipinski definition) is 0. The minimum absolute atomic E-state index is 0.0246. The fraction of sp³-hybridized carbons (Fsp3) is 0.273. The number of carbonyl (C=O) groups excluding carboxylic acids is 3. The zero-order valence-corrected chi connectivity index (χ0v) is 16.5. The normalized spacial score (nSPS) is 11.8. The molecule has 0 fully saturated rings. The van der Waals surface area contributed by atoms with Gasteiger partial charge in [0.2, 0.25) is 0 Å². The van der Waals surface area contributed by atoms with Crippen molar-refractivity contribution in [1.82, 2.24) is 9.78 Å². The molecule has 0 aliphatic heterocycles. The minimum atomic E-state index is -0.821. The number of carbonyl (C=O) groups is 3. The van der Waals surface area contributed by atoms with E-state index in [4.69, 9.17) is 9.47 Å². The van der Waals surface area contributed by atoms with Crippen LogP contribution < -0.4 is 0 Å². The second-order valence-corrected chi connectivity index (χ2v) is 6.40. The Labute approximate surface area is 168 Å². The lowest BCUT2D eigenvalue weighted by atomic mass is 10.0. The van der Waals surface area contributed by atoms with Crippen LogP contribution in [0.1, 0.15) is 58.1 Å². The van der Waals surface area contributed by atoms with Crippen LogP contribution in [-0.4, -0.2) is 40.7 Å². The van der Waals surface area contributed by atoms with E-state index in [1.165, 1.54) is 10.7 Å². The lowest BCUT2D eigenvalue weighted by Gasteiger charge is -2.14. The van der Waals surface area contributed by atoms with Crippen molar-refractivity contribution < 1.29 is 23.9 Å². The first-order valence-corrected chi connectivity index (χ1v) is 9.43. The summed E-state index contributed by atoms with van der Waals surface area (Å²) in [5, 5.41) is 6.12. The highest BCUT2D eigenvalue weighted by molar-refractivity contribution is 6.02. The van der Waals surface area contributed by atoms with Crippen LogP contribution in [0.4, 0.5) is 0 Å². The summed E-state index contributed by atoms with van der Waals surface area (Å²) in [6.45, 7) is 5.31. The molecular weight excluding hydrogens is 372 g/mol. The number of esters is 2. The van der Waals surface area contributed by atoms with E-state index in [0.29, 0.717) is 5.56 Å². The fourth-order valence-electron chi connectivity index (χ4n) is 3.05. The van der Waals surface area contributed by atoms with E-state index in [9.17, 15) is 14.4 Å². The molecule has 0 aliphatic carbocycles. The van der Waals surface area contributed by atoms with Gasteiger partial charge in [0.15, 0.2) is 11.5 Å². The average Bonchev–Trinajstić information content (AvgIpc) is 3.18. The maximum Gasteiger partial charge on any atom is 0.358 e. The van der Waals surface area contributed by atoms with Gasteiger partial charge in [-0.15, -0.1) is 0 Å². The van der Waals surface area contributed by atoms with E-state index >= 15 is 0 Å². The summed E-state index contributed by atoms with van der Waals surface area (Å²) in [6, 6.07) is 13.6. The largest absolute Gasteiger partial charge is 0.461 e. The number of ketones is 1. The average molecular weight is 394 g/mol. The number of benzene rings is 2. The highest BCUT2D eigenvalue weighted by atomic mass is 16.5. The van der Waals surface area contributed by atoms with Crippen molar-refractivity contribution in [2.45, 2.75) is 26.8 Å². The van der Waals surface area contributed by atoms with E-state index in [1.807, 2.05) is 30.3 Å². The summed E-state index contributed by atoms with van der Waals surface area (Å²) in [6.07, 6.45) is 0. The number of nitrogens with zero attached hydrogens (tertiary/aromatic N) is 2. The summed E-state index contributed by atoms with van der Waals surface area (Å²) in [5.41, 5.74) is 0.462. The summed E-state index contributed by atoms with van der Waals surface area (Å²) >= 11 is 0. The highest BCUT2D eigenvalue weighted by Gasteiger charge is 2.27. The standard InChI is InChI=1S/C22H22N2O5/c1-4-28-21(26)18-13-19(22(27)29-5-2)24(23-18)14(3)20(25)17-11-10-15-8-6-7-9-16(15)12-17/h6-14H,4-5H2,1-3H3. The second kappa shape index (κ2) is 8.68. The van der Waals surface area contributed by atoms with Gasteiger partial charge in [-0.3, -0.25) is 4.79 Å². The molecular formula is C22H22N2O5. The topological polar surface area (TPSA) is 87.5 Å². The first-order valence-electron chi connectivity index (χ1n) is 9.43. The summed E-state index contributed by atoms with van der Waals surface area (Å²) in [7, 11) is 0. The second-order valence-electron chi connectivity index (χ2n) is 6.40. The van der Waals surface area contributed by atoms with Crippen molar-refractivity contribution in [2.24, 2.45) is 0 Å². The van der Waals surface area contributed by atoms with Gasteiger partial charge in [-0.05, 0) is 37.6 Å². The number of aromatic nitrogens is 2. The van der Waals surface area contributed by atoms with Crippen LogP contribution in [-0.2, 0) is 9.47 Å². The van der Waals surface area contributed by atoms with Crippen LogP contribution in [0.25, 0.3) is 10.8 Å². The quantitative estimate of drug-likeness (QED) is 0.447. The number of rotatable bonds is 7. The Morgan fingerprint density at radius 2 is 1.59 bits per heavy atom. The van der Waals surface area contributed by atoms with Gasteiger partial charge in [0.25, 0.3) is 0 Å². The predicted molar refractivity (Wildman–Crippen MR) is 107 cm³/mol. The molecule has 0 saturated carbocycles. The molecule has 2 aromatic carbocycles. The van der Waals surface area contributed by atoms with Crippen molar-refractivity contribution >= 4 is 28.5 Å². The van der Waals surface area contributed by atoms with Gasteiger partial charge < -0.3 is 9.47 Å². The molecule has 3 rings (SSSR count). The number of hydrogen-bond acceptors (Lipinski definition) is 6. The third-order valence-corrected chi connectivity index (χ3v) is 4.49. The summed E-state index contributed by atoms with van der Waals surface area (Å²) < 4.78 is 11.2. The Hall–Kier alpha value is -3.48. The molecule has 1 atom stereocenters. The maximum atomic E-state index is 13.1. The Balaban J connectivity index is 1.98. The molecule has 3 aromatic rings. The molecule has 7 nitrogen and oxygen atoms in total. The van der Waals surface area contributed by atoms with Crippen LogP contribution >= 0.6 is 0 Å². The zero-order valence-electron chi connectivity index (χ0n) is 16.5. The zero-order chi connectivity index (χ0) is 21.0. The van der Waals surface area contributed by atoms with Crippen LogP contribution in [0, 0.1) is 0 Å². The molecule has 7 heteroatoms. The molecule has 1 unspecified atom stereocenters. The number of fused-ring (bicyclic) bond motifs is 1. The molecule has 29 heavy (non-hydrogen) atoms. The van der Waals surface area contributed by atoms with Crippen LogP contribution in [0.2, 0.25) is 0 Å². The van der Waals surface area contributed by atoms with Gasteiger partial charge in [-0.25, -0.2) is 14.3 Å². The molecule has 0 radical (unpaired) electrons. The molecule has 1 aromatic heterocycles. The van der Waals surface area contributed by atoms with Gasteiger partial charge in [0, 0.05) is 11.6 Å². The first-order chi connectivity index (χ1) is 14.0. The number of Topliss-reactive ketones (excluding diaryl/α,β-unsaturated/α-hetero) is 1. The third kappa shape index (κ3) is 4.18. The highest BCUT2D eigenvalue weighted by Crippen LogP contribution is 2.22. The van der Waals surface area contributed by atoms with E-state index in [2.05, 4.69) is 5.10 Å². The molecule has 0 aliphatic rings. The number of ether oxygens (including phenoxy) is 2. The lowest BCUT2D eigenvalue weighted by molar-refractivity contribution is 0.0502. The summed E-state index contributed by atoms with van der Waals surface area (Å²) in [5.74, 6) is -1.56. The molecule has 0 saturated heterocycles. The van der Waals surface area contributed by atoms with E-state index in [1.54, 1.807) is 32.9 Å². The van der Waals surface area contributed by atoms with Gasteiger partial charge >= 0.3 is 11.9 Å². The van der Waals surface area contributed by atoms with Crippen LogP contribution in [0.15, 0.2) is 48.5 Å². The Kier molecular flexibility index (Phi) is 6.07. The van der Waals surface area contributed by atoms with E-state index in [-0.39, 0.29) is 30.4 Å². The predicted octanol–water partition coefficient (Wildman–Crippen LogP) is 3.83. The minimum Gasteiger partial charge on any atom is -0.461 e. The smallest absolute Gasteiger partial charge is 0.358 e.